The number of carbonyl (C=O) groups excluding carboxylic acids is 1. The number of aryl methyl sites for hydroxylation is 1. The summed E-state index contributed by atoms with van der Waals surface area (Å²) in [5, 5.41) is 2.63. The number of hydrogen-bond donors (Lipinski definition) is 0. The van der Waals surface area contributed by atoms with E-state index in [9.17, 15) is 18.0 Å². The Hall–Kier alpha value is -3.04. The van der Waals surface area contributed by atoms with Crippen molar-refractivity contribution in [3.05, 3.63) is 76.8 Å². The average Bonchev–Trinajstić information content (AvgIpc) is 3.21. The van der Waals surface area contributed by atoms with E-state index in [1.165, 1.54) is 30.6 Å². The number of methoxy groups -OCH3 is 1. The molecule has 1 aromatic heterocycles. The maximum atomic E-state index is 12.8. The third-order valence-corrected chi connectivity index (χ3v) is 7.80. The molecule has 1 heterocycles. The average molecular weight is 505 g/mol. The van der Waals surface area contributed by atoms with E-state index in [0.717, 1.165) is 55.9 Å². The van der Waals surface area contributed by atoms with Crippen LogP contribution < -0.4 is 4.74 Å². The van der Waals surface area contributed by atoms with Crippen LogP contribution in [0.15, 0.2) is 65.6 Å². The zero-order chi connectivity index (χ0) is 24.3. The fraction of sp³-hybridized carbons (Fsp3) is 0.200. The van der Waals surface area contributed by atoms with E-state index in [4.69, 9.17) is 4.74 Å². The monoisotopic (exact) mass is 504 g/mol. The van der Waals surface area contributed by atoms with Gasteiger partial charge in [-0.2, -0.15) is 13.2 Å². The SMILES string of the molecule is COC(=O)COc1ccc([SH+]Cc2sc(-c3ccc(C(F)(F)F)cc3)nc2C)c2ccccc12. The van der Waals surface area contributed by atoms with Crippen LogP contribution in [0.1, 0.15) is 16.1 Å². The van der Waals surface area contributed by atoms with Crippen LogP contribution in [0.3, 0.4) is 0 Å². The minimum atomic E-state index is -4.36. The van der Waals surface area contributed by atoms with Gasteiger partial charge in [-0.15, -0.1) is 11.3 Å². The summed E-state index contributed by atoms with van der Waals surface area (Å²) in [5.74, 6) is 0.880. The van der Waals surface area contributed by atoms with Gasteiger partial charge < -0.3 is 9.47 Å². The minimum Gasteiger partial charge on any atom is -0.481 e. The predicted molar refractivity (Wildman–Crippen MR) is 129 cm³/mol. The van der Waals surface area contributed by atoms with Crippen LogP contribution in [-0.2, 0) is 33.2 Å². The van der Waals surface area contributed by atoms with Crippen LogP contribution in [-0.4, -0.2) is 24.7 Å². The maximum absolute atomic E-state index is 12.8. The lowest BCUT2D eigenvalue weighted by Crippen LogP contribution is -2.12. The first kappa shape index (κ1) is 24.1. The number of ether oxygens (including phenoxy) is 2. The summed E-state index contributed by atoms with van der Waals surface area (Å²) in [5.41, 5.74) is 0.866. The number of benzene rings is 3. The van der Waals surface area contributed by atoms with Crippen LogP contribution in [0.25, 0.3) is 21.3 Å². The molecule has 0 fully saturated rings. The topological polar surface area (TPSA) is 48.4 Å². The Kier molecular flexibility index (Phi) is 7.13. The Bertz CT molecular complexity index is 1320. The number of thiazole rings is 1. The van der Waals surface area contributed by atoms with E-state index >= 15 is 0 Å². The number of hydrogen-bond acceptors (Lipinski definition) is 5. The molecule has 0 saturated heterocycles. The largest absolute Gasteiger partial charge is 0.481 e. The lowest BCUT2D eigenvalue weighted by atomic mass is 10.1. The van der Waals surface area contributed by atoms with E-state index in [-0.39, 0.29) is 6.61 Å². The molecular weight excluding hydrogens is 483 g/mol. The fourth-order valence-corrected chi connectivity index (χ4v) is 5.77. The molecule has 4 nitrogen and oxygen atoms in total. The zero-order valence-electron chi connectivity index (χ0n) is 18.3. The van der Waals surface area contributed by atoms with E-state index in [2.05, 4.69) is 9.72 Å². The van der Waals surface area contributed by atoms with E-state index in [1.54, 1.807) is 0 Å². The number of aromatic nitrogens is 1. The third-order valence-electron chi connectivity index (χ3n) is 5.18. The van der Waals surface area contributed by atoms with Crippen LogP contribution in [0.5, 0.6) is 5.75 Å². The highest BCUT2D eigenvalue weighted by molar-refractivity contribution is 7.78. The Morgan fingerprint density at radius 1 is 1.03 bits per heavy atom. The van der Waals surface area contributed by atoms with E-state index in [1.807, 2.05) is 43.3 Å². The first-order valence-corrected chi connectivity index (χ1v) is 12.2. The van der Waals surface area contributed by atoms with Crippen LogP contribution in [0.2, 0.25) is 0 Å². The van der Waals surface area contributed by atoms with Crippen LogP contribution >= 0.6 is 11.3 Å². The third kappa shape index (κ3) is 5.37. The summed E-state index contributed by atoms with van der Waals surface area (Å²) in [6, 6.07) is 16.7. The van der Waals surface area contributed by atoms with Crippen molar-refractivity contribution in [2.75, 3.05) is 13.7 Å². The van der Waals surface area contributed by atoms with Gasteiger partial charge in [-0.25, -0.2) is 9.78 Å². The van der Waals surface area contributed by atoms with Gasteiger partial charge in [-0.05, 0) is 37.3 Å². The highest BCUT2D eigenvalue weighted by atomic mass is 32.2. The Morgan fingerprint density at radius 2 is 1.74 bits per heavy atom. The molecule has 0 atom stereocenters. The Morgan fingerprint density at radius 3 is 2.41 bits per heavy atom. The highest BCUT2D eigenvalue weighted by Crippen LogP contribution is 2.34. The smallest absolute Gasteiger partial charge is 0.416 e. The standard InChI is InChI=1S/C25H20F3NO3S2/c1-15-22(34-24(29-15)16-7-9-17(10-8-16)25(26,27)28)14-33-21-12-11-20(32-13-23(30)31-2)18-5-3-4-6-19(18)21/h3-12H,13-14H2,1-2H3/p+1. The van der Waals surface area contributed by atoms with Gasteiger partial charge in [0.15, 0.2) is 11.5 Å². The summed E-state index contributed by atoms with van der Waals surface area (Å²) in [7, 11) is 1.32. The molecule has 0 saturated carbocycles. The fourth-order valence-electron chi connectivity index (χ4n) is 3.37. The second-order valence-electron chi connectivity index (χ2n) is 7.41. The van der Waals surface area contributed by atoms with Gasteiger partial charge in [0, 0.05) is 28.1 Å². The molecule has 4 aromatic rings. The summed E-state index contributed by atoms with van der Waals surface area (Å²) >= 11 is 2.54. The van der Waals surface area contributed by atoms with Crippen molar-refractivity contribution in [2.45, 2.75) is 23.7 Å². The summed E-state index contributed by atoms with van der Waals surface area (Å²) in [4.78, 5) is 18.2. The van der Waals surface area contributed by atoms with E-state index < -0.39 is 17.7 Å². The van der Waals surface area contributed by atoms with Crippen molar-refractivity contribution in [1.29, 1.82) is 0 Å². The molecule has 0 aliphatic carbocycles. The van der Waals surface area contributed by atoms with E-state index in [0.29, 0.717) is 16.3 Å². The zero-order valence-corrected chi connectivity index (χ0v) is 20.1. The Labute approximate surface area is 202 Å². The second kappa shape index (κ2) is 10.1. The Balaban J connectivity index is 1.52. The van der Waals surface area contributed by atoms with Gasteiger partial charge >= 0.3 is 12.1 Å². The normalized spacial score (nSPS) is 11.6. The van der Waals surface area contributed by atoms with Crippen molar-refractivity contribution < 1.29 is 27.4 Å². The molecule has 0 N–H and O–H groups in total. The number of carbonyl (C=O) groups is 1. The molecule has 0 aliphatic heterocycles. The minimum absolute atomic E-state index is 0.162. The molecule has 176 valence electrons. The molecular formula is C25H21F3NO3S2+. The highest BCUT2D eigenvalue weighted by Gasteiger charge is 2.30. The molecule has 0 unspecified atom stereocenters. The summed E-state index contributed by atoms with van der Waals surface area (Å²) in [6.07, 6.45) is -4.36. The van der Waals surface area contributed by atoms with Crippen molar-refractivity contribution in [3.63, 3.8) is 0 Å². The molecule has 3 aromatic carbocycles. The molecule has 4 rings (SSSR count). The van der Waals surface area contributed by atoms with Crippen molar-refractivity contribution >= 4 is 39.8 Å². The molecule has 0 aliphatic rings. The van der Waals surface area contributed by atoms with Gasteiger partial charge in [0.1, 0.15) is 16.5 Å². The lowest BCUT2D eigenvalue weighted by Gasteiger charge is -2.09. The number of fused-ring (bicyclic) bond motifs is 1. The van der Waals surface area contributed by atoms with Gasteiger partial charge in [0.05, 0.1) is 23.2 Å². The molecule has 9 heteroatoms. The number of esters is 1. The lowest BCUT2D eigenvalue weighted by molar-refractivity contribution is -0.143. The van der Waals surface area contributed by atoms with Crippen LogP contribution in [0, 0.1) is 6.92 Å². The summed E-state index contributed by atoms with van der Waals surface area (Å²) < 4.78 is 48.8. The van der Waals surface area contributed by atoms with Gasteiger partial charge in [-0.3, -0.25) is 0 Å². The molecule has 0 radical (unpaired) electrons. The van der Waals surface area contributed by atoms with Crippen molar-refractivity contribution in [2.24, 2.45) is 0 Å². The molecule has 0 spiro atoms. The first-order chi connectivity index (χ1) is 16.3. The number of nitrogens with zero attached hydrogens (tertiary/aromatic N) is 1. The van der Waals surface area contributed by atoms with Gasteiger partial charge in [0.2, 0.25) is 0 Å². The number of halogens is 3. The first-order valence-electron chi connectivity index (χ1n) is 10.3. The number of thiol groups is 1. The van der Waals surface area contributed by atoms with Gasteiger partial charge in [0.25, 0.3) is 0 Å². The molecule has 0 bridgehead atoms. The molecule has 0 amide bonds. The molecule has 34 heavy (non-hydrogen) atoms. The maximum Gasteiger partial charge on any atom is 0.416 e. The van der Waals surface area contributed by atoms with Crippen molar-refractivity contribution in [1.82, 2.24) is 4.98 Å². The number of rotatable bonds is 7. The summed E-state index contributed by atoms with van der Waals surface area (Å²) in [6.45, 7) is 1.75. The van der Waals surface area contributed by atoms with Crippen molar-refractivity contribution in [3.8, 4) is 16.3 Å². The van der Waals surface area contributed by atoms with Crippen LogP contribution in [0.4, 0.5) is 13.2 Å². The number of alkyl halides is 3. The van der Waals surface area contributed by atoms with Gasteiger partial charge in [-0.1, -0.05) is 30.3 Å². The quantitative estimate of drug-likeness (QED) is 0.170. The second-order valence-corrected chi connectivity index (χ2v) is 9.61. The predicted octanol–water partition coefficient (Wildman–Crippen LogP) is 6.22.